The zero-order valence-electron chi connectivity index (χ0n) is 21.7. The van der Waals surface area contributed by atoms with Crippen molar-refractivity contribution in [1.82, 2.24) is 0 Å². The molecule has 0 N–H and O–H groups in total. The van der Waals surface area contributed by atoms with E-state index >= 15 is 0 Å². The number of ether oxygens (including phenoxy) is 4. The van der Waals surface area contributed by atoms with Gasteiger partial charge in [0.2, 0.25) is 0 Å². The highest BCUT2D eigenvalue weighted by Crippen LogP contribution is 2.31. The van der Waals surface area contributed by atoms with Crippen molar-refractivity contribution in [1.29, 1.82) is 0 Å². The molecule has 10 heteroatoms. The minimum atomic E-state index is -3.56. The molecular formula is C28H32O9S. The summed E-state index contributed by atoms with van der Waals surface area (Å²) in [7, 11) is -3.56. The molecule has 0 aromatic heterocycles. The first-order valence-corrected chi connectivity index (χ1v) is 13.8. The predicted octanol–water partition coefficient (Wildman–Crippen LogP) is 3.50. The normalized spacial score (nSPS) is 23.6. The van der Waals surface area contributed by atoms with Crippen molar-refractivity contribution in [2.24, 2.45) is 5.92 Å². The topological polar surface area (TPSA) is 122 Å². The quantitative estimate of drug-likeness (QED) is 0.327. The van der Waals surface area contributed by atoms with Crippen molar-refractivity contribution >= 4 is 33.6 Å². The number of carbonyl (C=O) groups is 3. The van der Waals surface area contributed by atoms with E-state index in [2.05, 4.69) is 0 Å². The lowest BCUT2D eigenvalue weighted by Crippen LogP contribution is -2.56. The molecule has 204 valence electrons. The van der Waals surface area contributed by atoms with E-state index in [9.17, 15) is 22.8 Å². The molecule has 9 nitrogen and oxygen atoms in total. The van der Waals surface area contributed by atoms with Gasteiger partial charge in [-0.15, -0.1) is 0 Å². The van der Waals surface area contributed by atoms with E-state index in [1.165, 1.54) is 38.1 Å². The zero-order chi connectivity index (χ0) is 27.9. The maximum absolute atomic E-state index is 12.8. The van der Waals surface area contributed by atoms with Gasteiger partial charge in [-0.05, 0) is 36.3 Å². The van der Waals surface area contributed by atoms with E-state index in [-0.39, 0.29) is 23.0 Å². The smallest absolute Gasteiger partial charge is 0.303 e. The van der Waals surface area contributed by atoms with Crippen LogP contribution < -0.4 is 0 Å². The molecule has 3 rings (SSSR count). The summed E-state index contributed by atoms with van der Waals surface area (Å²) in [6.07, 6.45) is -0.339. The molecule has 1 saturated heterocycles. The van der Waals surface area contributed by atoms with Crippen LogP contribution in [0.5, 0.6) is 0 Å². The van der Waals surface area contributed by atoms with Gasteiger partial charge in [0, 0.05) is 19.8 Å². The molecule has 2 aromatic rings. The van der Waals surface area contributed by atoms with Gasteiger partial charge >= 0.3 is 11.9 Å². The third kappa shape index (κ3) is 8.08. The van der Waals surface area contributed by atoms with Crippen LogP contribution in [-0.4, -0.2) is 57.3 Å². The van der Waals surface area contributed by atoms with Crippen LogP contribution in [0.3, 0.4) is 0 Å². The number of rotatable bonds is 10. The van der Waals surface area contributed by atoms with Crippen molar-refractivity contribution in [2.45, 2.75) is 62.9 Å². The molecule has 0 aliphatic carbocycles. The first-order chi connectivity index (χ1) is 18.0. The monoisotopic (exact) mass is 544 g/mol. The zero-order valence-corrected chi connectivity index (χ0v) is 22.6. The Kier molecular flexibility index (Phi) is 9.96. The molecule has 5 atom stereocenters. The van der Waals surface area contributed by atoms with Crippen LogP contribution in [0.4, 0.5) is 0 Å². The van der Waals surface area contributed by atoms with Gasteiger partial charge in [-0.2, -0.15) is 0 Å². The number of carbonyl (C=O) groups excluding carboxylic acids is 3. The maximum atomic E-state index is 12.8. The minimum Gasteiger partial charge on any atom is -0.458 e. The Bertz CT molecular complexity index is 1270. The third-order valence-corrected chi connectivity index (χ3v) is 7.64. The molecule has 38 heavy (non-hydrogen) atoms. The molecule has 0 saturated carbocycles. The molecule has 1 fully saturated rings. The lowest BCUT2D eigenvalue weighted by Gasteiger charge is -2.42. The fourth-order valence-electron chi connectivity index (χ4n) is 4.14. The minimum absolute atomic E-state index is 0.127. The molecule has 1 aliphatic rings. The number of esters is 2. The van der Waals surface area contributed by atoms with Gasteiger partial charge in [-0.1, -0.05) is 55.5 Å². The Hall–Kier alpha value is -3.34. The third-order valence-electron chi connectivity index (χ3n) is 5.96. The van der Waals surface area contributed by atoms with Crippen LogP contribution in [0.25, 0.3) is 6.08 Å². The van der Waals surface area contributed by atoms with E-state index < -0.39 is 52.3 Å². The second kappa shape index (κ2) is 12.9. The van der Waals surface area contributed by atoms with E-state index in [0.717, 1.165) is 0 Å². The van der Waals surface area contributed by atoms with Crippen LogP contribution in [0.1, 0.15) is 38.8 Å². The van der Waals surface area contributed by atoms with Crippen molar-refractivity contribution < 1.29 is 41.7 Å². The first-order valence-electron chi connectivity index (χ1n) is 12.2. The van der Waals surface area contributed by atoms with Gasteiger partial charge in [0.05, 0.1) is 16.8 Å². The lowest BCUT2D eigenvalue weighted by atomic mass is 9.92. The Labute approximate surface area is 222 Å². The SMILES string of the molecule is CC(=O)O[C@H]1[C@H](C)[C@H](OCC(=O)/C=C/c2cccc(S(=O)(=O)Cc3ccccc3)c2)O[C@@H](C)[C@H]1OC(C)=O. The van der Waals surface area contributed by atoms with Crippen LogP contribution in [-0.2, 0) is 48.9 Å². The summed E-state index contributed by atoms with van der Waals surface area (Å²) in [6, 6.07) is 15.2. The fraction of sp³-hybridized carbons (Fsp3) is 0.393. The van der Waals surface area contributed by atoms with Crippen molar-refractivity contribution in [2.75, 3.05) is 6.61 Å². The van der Waals surface area contributed by atoms with Gasteiger partial charge < -0.3 is 18.9 Å². The second-order valence-corrected chi connectivity index (χ2v) is 11.1. The molecule has 0 bridgehead atoms. The molecule has 0 radical (unpaired) electrons. The molecule has 0 unspecified atom stereocenters. The summed E-state index contributed by atoms with van der Waals surface area (Å²) in [6.45, 7) is 5.55. The number of ketones is 1. The Morgan fingerprint density at radius 1 is 0.921 bits per heavy atom. The fourth-order valence-corrected chi connectivity index (χ4v) is 5.54. The average molecular weight is 545 g/mol. The highest BCUT2D eigenvalue weighted by atomic mass is 32.2. The Morgan fingerprint density at radius 2 is 1.58 bits per heavy atom. The molecule has 0 spiro atoms. The highest BCUT2D eigenvalue weighted by Gasteiger charge is 2.46. The van der Waals surface area contributed by atoms with Crippen molar-refractivity contribution in [3.8, 4) is 0 Å². The summed E-state index contributed by atoms with van der Waals surface area (Å²) in [5.74, 6) is -2.11. The van der Waals surface area contributed by atoms with E-state index in [1.807, 2.05) is 6.07 Å². The summed E-state index contributed by atoms with van der Waals surface area (Å²) in [5, 5.41) is 0. The Morgan fingerprint density at radius 3 is 2.24 bits per heavy atom. The summed E-state index contributed by atoms with van der Waals surface area (Å²) >= 11 is 0. The number of benzene rings is 2. The number of hydrogen-bond acceptors (Lipinski definition) is 9. The molecule has 1 aliphatic heterocycles. The molecular weight excluding hydrogens is 512 g/mol. The molecule has 0 amide bonds. The van der Waals surface area contributed by atoms with E-state index in [1.54, 1.807) is 50.2 Å². The average Bonchev–Trinajstić information content (AvgIpc) is 2.86. The summed E-state index contributed by atoms with van der Waals surface area (Å²) in [5.41, 5.74) is 1.23. The van der Waals surface area contributed by atoms with Gasteiger partial charge in [-0.25, -0.2) is 8.42 Å². The molecule has 2 aromatic carbocycles. The van der Waals surface area contributed by atoms with Gasteiger partial charge in [0.1, 0.15) is 12.7 Å². The van der Waals surface area contributed by atoms with Crippen molar-refractivity contribution in [3.05, 3.63) is 71.8 Å². The summed E-state index contributed by atoms with van der Waals surface area (Å²) in [4.78, 5) is 35.8. The standard InChI is InChI=1S/C28H32O9S/c1-18-26(36-20(3)29)27(37-21(4)30)19(2)35-28(18)34-16-24(31)14-13-22-11-8-12-25(15-22)38(32,33)17-23-9-6-5-7-10-23/h5-15,18-19,26-28H,16-17H2,1-4H3/b14-13+/t18-,19-,26-,27+,28+/m0/s1. The van der Waals surface area contributed by atoms with Gasteiger partial charge in [0.15, 0.2) is 28.0 Å². The Balaban J connectivity index is 1.62. The van der Waals surface area contributed by atoms with Crippen LogP contribution >= 0.6 is 0 Å². The first kappa shape index (κ1) is 29.2. The molecule has 1 heterocycles. The summed E-state index contributed by atoms with van der Waals surface area (Å²) < 4.78 is 47.8. The number of hydrogen-bond donors (Lipinski definition) is 0. The van der Waals surface area contributed by atoms with E-state index in [4.69, 9.17) is 18.9 Å². The van der Waals surface area contributed by atoms with Crippen LogP contribution in [0.2, 0.25) is 0 Å². The largest absolute Gasteiger partial charge is 0.458 e. The van der Waals surface area contributed by atoms with E-state index in [0.29, 0.717) is 11.1 Å². The van der Waals surface area contributed by atoms with Crippen LogP contribution in [0, 0.1) is 5.92 Å². The van der Waals surface area contributed by atoms with Gasteiger partial charge in [0.25, 0.3) is 0 Å². The van der Waals surface area contributed by atoms with Crippen molar-refractivity contribution in [3.63, 3.8) is 0 Å². The lowest BCUT2D eigenvalue weighted by molar-refractivity contribution is -0.277. The maximum Gasteiger partial charge on any atom is 0.303 e. The van der Waals surface area contributed by atoms with Crippen LogP contribution in [0.15, 0.2) is 65.6 Å². The second-order valence-electron chi connectivity index (χ2n) is 9.14. The highest BCUT2D eigenvalue weighted by molar-refractivity contribution is 7.90. The predicted molar refractivity (Wildman–Crippen MR) is 138 cm³/mol. The number of sulfone groups is 1. The van der Waals surface area contributed by atoms with Gasteiger partial charge in [-0.3, -0.25) is 14.4 Å².